The standard InChI is InChI=1S/C18H19N3O4/c1-20-9-7-12(10-17(20)23)18(24)19-13-5-6-14(15(11-13)25-2)21-8-3-4-16(21)22/h5-7,9-11H,3-4,8H2,1-2H3,(H,19,24). The van der Waals surface area contributed by atoms with E-state index in [-0.39, 0.29) is 22.9 Å². The number of anilines is 2. The highest BCUT2D eigenvalue weighted by atomic mass is 16.5. The topological polar surface area (TPSA) is 80.6 Å². The van der Waals surface area contributed by atoms with Gasteiger partial charge in [0, 0.05) is 49.6 Å². The van der Waals surface area contributed by atoms with Crippen LogP contribution >= 0.6 is 0 Å². The molecule has 3 rings (SSSR count). The normalized spacial score (nSPS) is 13.8. The predicted molar refractivity (Wildman–Crippen MR) is 94.2 cm³/mol. The van der Waals surface area contributed by atoms with Crippen LogP contribution in [0.5, 0.6) is 5.75 Å². The number of benzene rings is 1. The van der Waals surface area contributed by atoms with Crippen LogP contribution in [0.15, 0.2) is 41.3 Å². The molecule has 0 aliphatic carbocycles. The van der Waals surface area contributed by atoms with Crippen LogP contribution in [0, 0.1) is 0 Å². The van der Waals surface area contributed by atoms with E-state index in [4.69, 9.17) is 4.74 Å². The summed E-state index contributed by atoms with van der Waals surface area (Å²) in [6.07, 6.45) is 2.90. The van der Waals surface area contributed by atoms with Gasteiger partial charge in [-0.05, 0) is 24.6 Å². The third-order valence-electron chi connectivity index (χ3n) is 4.17. The van der Waals surface area contributed by atoms with E-state index in [1.165, 1.54) is 17.7 Å². The van der Waals surface area contributed by atoms with Gasteiger partial charge in [-0.2, -0.15) is 0 Å². The van der Waals surface area contributed by atoms with Crippen molar-refractivity contribution in [1.29, 1.82) is 0 Å². The Hall–Kier alpha value is -3.09. The van der Waals surface area contributed by atoms with Crippen LogP contribution in [0.25, 0.3) is 0 Å². The van der Waals surface area contributed by atoms with Crippen molar-refractivity contribution < 1.29 is 14.3 Å². The van der Waals surface area contributed by atoms with Crippen molar-refractivity contribution >= 4 is 23.2 Å². The molecule has 0 unspecified atom stereocenters. The van der Waals surface area contributed by atoms with E-state index < -0.39 is 0 Å². The number of amides is 2. The lowest BCUT2D eigenvalue weighted by atomic mass is 10.2. The summed E-state index contributed by atoms with van der Waals surface area (Å²) in [5.41, 5.74) is 1.24. The van der Waals surface area contributed by atoms with E-state index in [2.05, 4.69) is 5.32 Å². The molecule has 1 fully saturated rings. The van der Waals surface area contributed by atoms with Crippen molar-refractivity contribution in [3.63, 3.8) is 0 Å². The predicted octanol–water partition coefficient (Wildman–Crippen LogP) is 1.77. The summed E-state index contributed by atoms with van der Waals surface area (Å²) >= 11 is 0. The van der Waals surface area contributed by atoms with Crippen molar-refractivity contribution in [1.82, 2.24) is 4.57 Å². The monoisotopic (exact) mass is 341 g/mol. The number of nitrogens with zero attached hydrogens (tertiary/aromatic N) is 2. The fourth-order valence-corrected chi connectivity index (χ4v) is 2.77. The number of methoxy groups -OCH3 is 1. The van der Waals surface area contributed by atoms with Crippen molar-refractivity contribution in [3.8, 4) is 5.75 Å². The molecule has 0 radical (unpaired) electrons. The summed E-state index contributed by atoms with van der Waals surface area (Å²) in [4.78, 5) is 37.6. The highest BCUT2D eigenvalue weighted by Crippen LogP contribution is 2.33. The van der Waals surface area contributed by atoms with Gasteiger partial charge < -0.3 is 19.5 Å². The van der Waals surface area contributed by atoms with Gasteiger partial charge in [0.1, 0.15) is 5.75 Å². The first-order valence-corrected chi connectivity index (χ1v) is 7.96. The van der Waals surface area contributed by atoms with E-state index >= 15 is 0 Å². The first kappa shape index (κ1) is 16.8. The van der Waals surface area contributed by atoms with Crippen molar-refractivity contribution in [3.05, 3.63) is 52.4 Å². The SMILES string of the molecule is COc1cc(NC(=O)c2ccn(C)c(=O)c2)ccc1N1CCCC1=O. The zero-order chi connectivity index (χ0) is 18.0. The van der Waals surface area contributed by atoms with Gasteiger partial charge in [0.15, 0.2) is 0 Å². The Balaban J connectivity index is 1.83. The maximum atomic E-state index is 12.3. The van der Waals surface area contributed by atoms with Crippen LogP contribution in [0.3, 0.4) is 0 Å². The van der Waals surface area contributed by atoms with Crippen LogP contribution in [-0.4, -0.2) is 30.0 Å². The Morgan fingerprint density at radius 1 is 1.20 bits per heavy atom. The molecule has 0 atom stereocenters. The highest BCUT2D eigenvalue weighted by molar-refractivity contribution is 6.04. The van der Waals surface area contributed by atoms with Gasteiger partial charge in [0.05, 0.1) is 12.8 Å². The Bertz CT molecular complexity index is 888. The number of aromatic nitrogens is 1. The number of aryl methyl sites for hydroxylation is 1. The second-order valence-electron chi connectivity index (χ2n) is 5.85. The van der Waals surface area contributed by atoms with Gasteiger partial charge in [0.2, 0.25) is 5.91 Å². The first-order chi connectivity index (χ1) is 12.0. The minimum atomic E-state index is -0.384. The Morgan fingerprint density at radius 2 is 2.00 bits per heavy atom. The van der Waals surface area contributed by atoms with Crippen molar-refractivity contribution in [2.24, 2.45) is 7.05 Å². The molecular weight excluding hydrogens is 322 g/mol. The lowest BCUT2D eigenvalue weighted by molar-refractivity contribution is -0.117. The summed E-state index contributed by atoms with van der Waals surface area (Å²) < 4.78 is 6.76. The van der Waals surface area contributed by atoms with E-state index in [1.54, 1.807) is 42.4 Å². The number of nitrogens with one attached hydrogen (secondary N) is 1. The van der Waals surface area contributed by atoms with Crippen LogP contribution in [0.1, 0.15) is 23.2 Å². The first-order valence-electron chi connectivity index (χ1n) is 7.96. The van der Waals surface area contributed by atoms with E-state index in [1.807, 2.05) is 0 Å². The summed E-state index contributed by atoms with van der Waals surface area (Å²) in [6, 6.07) is 7.99. The molecule has 1 saturated heterocycles. The summed E-state index contributed by atoms with van der Waals surface area (Å²) in [6.45, 7) is 0.661. The van der Waals surface area contributed by atoms with Crippen molar-refractivity contribution in [2.75, 3.05) is 23.9 Å². The molecule has 1 aliphatic rings. The molecule has 1 aromatic carbocycles. The fourth-order valence-electron chi connectivity index (χ4n) is 2.77. The molecule has 0 bridgehead atoms. The lowest BCUT2D eigenvalue weighted by Crippen LogP contribution is -2.24. The average molecular weight is 341 g/mol. The molecule has 2 aromatic rings. The quantitative estimate of drug-likeness (QED) is 0.919. The van der Waals surface area contributed by atoms with E-state index in [0.29, 0.717) is 30.1 Å². The van der Waals surface area contributed by atoms with Crippen LogP contribution in [-0.2, 0) is 11.8 Å². The summed E-state index contributed by atoms with van der Waals surface area (Å²) in [5, 5.41) is 2.74. The van der Waals surface area contributed by atoms with Gasteiger partial charge in [-0.15, -0.1) is 0 Å². The number of ether oxygens (including phenoxy) is 1. The molecule has 130 valence electrons. The number of carbonyl (C=O) groups excluding carboxylic acids is 2. The molecular formula is C18H19N3O4. The molecule has 2 amide bonds. The summed E-state index contributed by atoms with van der Waals surface area (Å²) in [5.74, 6) is 0.192. The molecule has 7 heteroatoms. The van der Waals surface area contributed by atoms with Gasteiger partial charge in [-0.25, -0.2) is 0 Å². The third-order valence-corrected chi connectivity index (χ3v) is 4.17. The Labute approximate surface area is 144 Å². The van der Waals surface area contributed by atoms with E-state index in [9.17, 15) is 14.4 Å². The fraction of sp³-hybridized carbons (Fsp3) is 0.278. The van der Waals surface area contributed by atoms with Crippen LogP contribution < -0.4 is 20.5 Å². The molecule has 1 aromatic heterocycles. The second-order valence-corrected chi connectivity index (χ2v) is 5.85. The number of rotatable bonds is 4. The number of hydrogen-bond donors (Lipinski definition) is 1. The Morgan fingerprint density at radius 3 is 2.64 bits per heavy atom. The molecule has 0 spiro atoms. The molecule has 0 saturated carbocycles. The maximum absolute atomic E-state index is 12.3. The number of hydrogen-bond acceptors (Lipinski definition) is 4. The van der Waals surface area contributed by atoms with Crippen LogP contribution in [0.4, 0.5) is 11.4 Å². The van der Waals surface area contributed by atoms with Crippen molar-refractivity contribution in [2.45, 2.75) is 12.8 Å². The molecule has 7 nitrogen and oxygen atoms in total. The van der Waals surface area contributed by atoms with Gasteiger partial charge in [-0.1, -0.05) is 0 Å². The molecule has 2 heterocycles. The molecule has 25 heavy (non-hydrogen) atoms. The number of carbonyl (C=O) groups is 2. The number of pyridine rings is 1. The third kappa shape index (κ3) is 3.40. The Kier molecular flexibility index (Phi) is 4.56. The second kappa shape index (κ2) is 6.80. The summed E-state index contributed by atoms with van der Waals surface area (Å²) in [7, 11) is 3.14. The van der Waals surface area contributed by atoms with Gasteiger partial charge in [0.25, 0.3) is 11.5 Å². The lowest BCUT2D eigenvalue weighted by Gasteiger charge is -2.19. The minimum absolute atomic E-state index is 0.0650. The van der Waals surface area contributed by atoms with E-state index in [0.717, 1.165) is 6.42 Å². The largest absolute Gasteiger partial charge is 0.494 e. The minimum Gasteiger partial charge on any atom is -0.494 e. The highest BCUT2D eigenvalue weighted by Gasteiger charge is 2.24. The molecule has 1 aliphatic heterocycles. The smallest absolute Gasteiger partial charge is 0.255 e. The van der Waals surface area contributed by atoms with Gasteiger partial charge >= 0.3 is 0 Å². The molecule has 1 N–H and O–H groups in total. The van der Waals surface area contributed by atoms with Crippen LogP contribution in [0.2, 0.25) is 0 Å². The average Bonchev–Trinajstić information content (AvgIpc) is 3.03. The maximum Gasteiger partial charge on any atom is 0.255 e. The zero-order valence-electron chi connectivity index (χ0n) is 14.1. The van der Waals surface area contributed by atoms with Gasteiger partial charge in [-0.3, -0.25) is 14.4 Å². The zero-order valence-corrected chi connectivity index (χ0v) is 14.1.